The molecule has 0 aliphatic carbocycles. The van der Waals surface area contributed by atoms with Gasteiger partial charge in [-0.15, -0.1) is 0 Å². The number of rotatable bonds is 6. The van der Waals surface area contributed by atoms with E-state index in [0.717, 1.165) is 12.8 Å². The summed E-state index contributed by atoms with van der Waals surface area (Å²) in [5.74, 6) is -0.391. The highest BCUT2D eigenvalue weighted by Gasteiger charge is 2.10. The molecule has 2 aromatic rings. The first-order valence-electron chi connectivity index (χ1n) is 7.56. The van der Waals surface area contributed by atoms with Gasteiger partial charge < -0.3 is 10.6 Å². The Balaban J connectivity index is 1.99. The standard InChI is InChI=1S/C18H19ClN2O2/c1-2-3-12-20-17(22)13-8-10-14(11-9-13)21-18(23)15-6-4-5-7-16(15)19/h4-11H,2-3,12H2,1H3,(H,20,22)(H,21,23). The lowest BCUT2D eigenvalue weighted by atomic mass is 10.1. The molecule has 23 heavy (non-hydrogen) atoms. The first-order chi connectivity index (χ1) is 11.1. The Kier molecular flexibility index (Phi) is 6.18. The van der Waals surface area contributed by atoms with Crippen LogP contribution in [-0.2, 0) is 0 Å². The van der Waals surface area contributed by atoms with Crippen molar-refractivity contribution >= 4 is 29.1 Å². The van der Waals surface area contributed by atoms with Crippen molar-refractivity contribution in [2.75, 3.05) is 11.9 Å². The van der Waals surface area contributed by atoms with E-state index in [9.17, 15) is 9.59 Å². The molecule has 2 N–H and O–H groups in total. The van der Waals surface area contributed by atoms with Gasteiger partial charge in [0.1, 0.15) is 0 Å². The van der Waals surface area contributed by atoms with Crippen LogP contribution in [0.1, 0.15) is 40.5 Å². The fourth-order valence-corrected chi connectivity index (χ4v) is 2.25. The van der Waals surface area contributed by atoms with E-state index in [4.69, 9.17) is 11.6 Å². The first-order valence-corrected chi connectivity index (χ1v) is 7.93. The summed E-state index contributed by atoms with van der Waals surface area (Å²) in [7, 11) is 0. The second-order valence-electron chi connectivity index (χ2n) is 5.12. The van der Waals surface area contributed by atoms with Crippen molar-refractivity contribution in [2.24, 2.45) is 0 Å². The molecule has 5 heteroatoms. The zero-order valence-corrected chi connectivity index (χ0v) is 13.7. The van der Waals surface area contributed by atoms with Gasteiger partial charge in [0.2, 0.25) is 0 Å². The zero-order chi connectivity index (χ0) is 16.7. The molecule has 0 fully saturated rings. The topological polar surface area (TPSA) is 58.2 Å². The molecule has 2 aromatic carbocycles. The highest BCUT2D eigenvalue weighted by atomic mass is 35.5. The van der Waals surface area contributed by atoms with Crippen LogP contribution in [-0.4, -0.2) is 18.4 Å². The average Bonchev–Trinajstić information content (AvgIpc) is 2.56. The summed E-state index contributed by atoms with van der Waals surface area (Å²) < 4.78 is 0. The van der Waals surface area contributed by atoms with Crippen molar-refractivity contribution in [1.29, 1.82) is 0 Å². The molecule has 2 amide bonds. The molecular weight excluding hydrogens is 312 g/mol. The van der Waals surface area contributed by atoms with E-state index in [0.29, 0.717) is 28.4 Å². The smallest absolute Gasteiger partial charge is 0.257 e. The molecule has 4 nitrogen and oxygen atoms in total. The maximum absolute atomic E-state index is 12.2. The number of carbonyl (C=O) groups is 2. The molecule has 0 aliphatic heterocycles. The maximum Gasteiger partial charge on any atom is 0.257 e. The Morgan fingerprint density at radius 1 is 1.00 bits per heavy atom. The van der Waals surface area contributed by atoms with E-state index in [1.54, 1.807) is 48.5 Å². The van der Waals surface area contributed by atoms with Crippen LogP contribution in [0.3, 0.4) is 0 Å². The number of hydrogen-bond acceptors (Lipinski definition) is 2. The molecule has 0 radical (unpaired) electrons. The quantitative estimate of drug-likeness (QED) is 0.783. The minimum atomic E-state index is -0.282. The van der Waals surface area contributed by atoms with E-state index in [1.807, 2.05) is 0 Å². The minimum Gasteiger partial charge on any atom is -0.352 e. The van der Waals surface area contributed by atoms with E-state index < -0.39 is 0 Å². The van der Waals surface area contributed by atoms with Crippen LogP contribution in [0.5, 0.6) is 0 Å². The molecule has 0 saturated carbocycles. The molecule has 0 heterocycles. The predicted octanol–water partition coefficient (Wildman–Crippen LogP) is 4.12. The lowest BCUT2D eigenvalue weighted by molar-refractivity contribution is 0.0952. The van der Waals surface area contributed by atoms with Gasteiger partial charge in [-0.2, -0.15) is 0 Å². The lowest BCUT2D eigenvalue weighted by Crippen LogP contribution is -2.24. The van der Waals surface area contributed by atoms with Crippen LogP contribution in [0, 0.1) is 0 Å². The van der Waals surface area contributed by atoms with Gasteiger partial charge in [-0.05, 0) is 42.8 Å². The van der Waals surface area contributed by atoms with Crippen LogP contribution in [0.2, 0.25) is 5.02 Å². The molecule has 0 bridgehead atoms. The molecule has 120 valence electrons. The highest BCUT2D eigenvalue weighted by molar-refractivity contribution is 6.34. The molecule has 0 unspecified atom stereocenters. The van der Waals surface area contributed by atoms with E-state index in [2.05, 4.69) is 17.6 Å². The number of halogens is 1. The van der Waals surface area contributed by atoms with Crippen molar-refractivity contribution < 1.29 is 9.59 Å². The summed E-state index contributed by atoms with van der Waals surface area (Å²) in [6, 6.07) is 13.6. The summed E-state index contributed by atoms with van der Waals surface area (Å²) in [6.07, 6.45) is 1.99. The third-order valence-electron chi connectivity index (χ3n) is 3.34. The largest absolute Gasteiger partial charge is 0.352 e. The molecule has 0 aromatic heterocycles. The summed E-state index contributed by atoms with van der Waals surface area (Å²) in [5.41, 5.74) is 1.59. The highest BCUT2D eigenvalue weighted by Crippen LogP contribution is 2.17. The number of anilines is 1. The van der Waals surface area contributed by atoms with Gasteiger partial charge >= 0.3 is 0 Å². The molecule has 2 rings (SSSR count). The van der Waals surface area contributed by atoms with Crippen LogP contribution >= 0.6 is 11.6 Å². The number of nitrogens with one attached hydrogen (secondary N) is 2. The van der Waals surface area contributed by atoms with Gasteiger partial charge in [0, 0.05) is 17.8 Å². The maximum atomic E-state index is 12.2. The second-order valence-corrected chi connectivity index (χ2v) is 5.53. The Hall–Kier alpha value is -2.33. The van der Waals surface area contributed by atoms with Gasteiger partial charge in [-0.3, -0.25) is 9.59 Å². The summed E-state index contributed by atoms with van der Waals surface area (Å²) >= 11 is 6.00. The van der Waals surface area contributed by atoms with Crippen molar-refractivity contribution in [3.05, 3.63) is 64.7 Å². The van der Waals surface area contributed by atoms with Crippen LogP contribution < -0.4 is 10.6 Å². The Morgan fingerprint density at radius 2 is 1.70 bits per heavy atom. The Bertz CT molecular complexity index is 684. The van der Waals surface area contributed by atoms with Crippen molar-refractivity contribution in [3.8, 4) is 0 Å². The van der Waals surface area contributed by atoms with Crippen LogP contribution in [0.4, 0.5) is 5.69 Å². The van der Waals surface area contributed by atoms with E-state index >= 15 is 0 Å². The molecule has 0 saturated heterocycles. The number of unbranched alkanes of at least 4 members (excludes halogenated alkanes) is 1. The number of amides is 2. The Labute approximate surface area is 140 Å². The van der Waals surface area contributed by atoms with Crippen LogP contribution in [0.25, 0.3) is 0 Å². The zero-order valence-electron chi connectivity index (χ0n) is 12.9. The molecule has 0 aliphatic rings. The Morgan fingerprint density at radius 3 is 2.35 bits per heavy atom. The van der Waals surface area contributed by atoms with Gasteiger partial charge in [0.15, 0.2) is 0 Å². The van der Waals surface area contributed by atoms with Gasteiger partial charge in [0.25, 0.3) is 11.8 Å². The monoisotopic (exact) mass is 330 g/mol. The van der Waals surface area contributed by atoms with Crippen molar-refractivity contribution in [1.82, 2.24) is 5.32 Å². The third-order valence-corrected chi connectivity index (χ3v) is 3.67. The SMILES string of the molecule is CCCCNC(=O)c1ccc(NC(=O)c2ccccc2Cl)cc1. The third kappa shape index (κ3) is 4.83. The normalized spacial score (nSPS) is 10.2. The summed E-state index contributed by atoms with van der Waals surface area (Å²) in [4.78, 5) is 24.1. The summed E-state index contributed by atoms with van der Waals surface area (Å²) in [6.45, 7) is 2.74. The average molecular weight is 331 g/mol. The number of carbonyl (C=O) groups excluding carboxylic acids is 2. The predicted molar refractivity (Wildman–Crippen MR) is 93.1 cm³/mol. The lowest BCUT2D eigenvalue weighted by Gasteiger charge is -2.08. The van der Waals surface area contributed by atoms with Gasteiger partial charge in [0.05, 0.1) is 10.6 Å². The van der Waals surface area contributed by atoms with Gasteiger partial charge in [-0.1, -0.05) is 37.1 Å². The van der Waals surface area contributed by atoms with Crippen molar-refractivity contribution in [2.45, 2.75) is 19.8 Å². The fourth-order valence-electron chi connectivity index (χ4n) is 2.03. The first kappa shape index (κ1) is 17.0. The van der Waals surface area contributed by atoms with Gasteiger partial charge in [-0.25, -0.2) is 0 Å². The molecule has 0 spiro atoms. The summed E-state index contributed by atoms with van der Waals surface area (Å²) in [5, 5.41) is 6.01. The fraction of sp³-hybridized carbons (Fsp3) is 0.222. The molecular formula is C18H19ClN2O2. The van der Waals surface area contributed by atoms with Crippen LogP contribution in [0.15, 0.2) is 48.5 Å². The number of benzene rings is 2. The van der Waals surface area contributed by atoms with E-state index in [-0.39, 0.29) is 11.8 Å². The van der Waals surface area contributed by atoms with E-state index in [1.165, 1.54) is 0 Å². The van der Waals surface area contributed by atoms with Crippen molar-refractivity contribution in [3.63, 3.8) is 0 Å². The minimum absolute atomic E-state index is 0.109. The number of hydrogen-bond donors (Lipinski definition) is 2. The molecule has 0 atom stereocenters. The second kappa shape index (κ2) is 8.34.